The van der Waals surface area contributed by atoms with Crippen molar-refractivity contribution in [2.24, 2.45) is 0 Å². The van der Waals surface area contributed by atoms with Crippen molar-refractivity contribution < 1.29 is 28.1 Å². The maximum absolute atomic E-state index is 11.9. The summed E-state index contributed by atoms with van der Waals surface area (Å²) in [4.78, 5) is 22.8. The molecule has 0 saturated carbocycles. The zero-order chi connectivity index (χ0) is 17.5. The van der Waals surface area contributed by atoms with Gasteiger partial charge in [0.1, 0.15) is 12.6 Å². The Morgan fingerprint density at radius 2 is 1.87 bits per heavy atom. The number of carbonyl (C=O) groups excluding carboxylic acids is 2. The number of rotatable bonds is 6. The Labute approximate surface area is 140 Å². The predicted molar refractivity (Wildman–Crippen MR) is 81.6 cm³/mol. The summed E-state index contributed by atoms with van der Waals surface area (Å²) in [6, 6.07) is 6.47. The number of halogens is 4. The molecular weight excluding hydrogens is 379 g/mol. The first-order chi connectivity index (χ1) is 10.7. The average Bonchev–Trinajstić information content (AvgIpc) is 2.47. The highest BCUT2D eigenvalue weighted by Crippen LogP contribution is 2.16. The molecule has 1 atom stereocenters. The number of amides is 3. The Morgan fingerprint density at radius 1 is 1.26 bits per heavy atom. The molecule has 1 aromatic rings. The van der Waals surface area contributed by atoms with Gasteiger partial charge in [-0.2, -0.15) is 13.2 Å². The second-order valence-corrected chi connectivity index (χ2v) is 5.77. The highest BCUT2D eigenvalue weighted by Gasteiger charge is 2.28. The maximum Gasteiger partial charge on any atom is 0.405 e. The van der Waals surface area contributed by atoms with Crippen LogP contribution in [0.5, 0.6) is 0 Å². The monoisotopic (exact) mass is 396 g/mol. The molecule has 0 bridgehead atoms. The van der Waals surface area contributed by atoms with E-state index >= 15 is 0 Å². The van der Waals surface area contributed by atoms with Gasteiger partial charge in [-0.1, -0.05) is 35.0 Å². The van der Waals surface area contributed by atoms with Crippen molar-refractivity contribution >= 4 is 27.9 Å². The Bertz CT molecular complexity index is 535. The van der Waals surface area contributed by atoms with Gasteiger partial charge in [-0.15, -0.1) is 0 Å². The molecule has 128 valence electrons. The fourth-order valence-corrected chi connectivity index (χ4v) is 2.16. The summed E-state index contributed by atoms with van der Waals surface area (Å²) in [6.45, 7) is 0.414. The summed E-state index contributed by atoms with van der Waals surface area (Å²) >= 11 is 3.34. The number of hydrogen-bond acceptors (Lipinski definition) is 2. The lowest BCUT2D eigenvalue weighted by Crippen LogP contribution is -2.87. The van der Waals surface area contributed by atoms with Gasteiger partial charge in [-0.25, -0.2) is 4.79 Å². The van der Waals surface area contributed by atoms with Crippen molar-refractivity contribution in [2.45, 2.75) is 25.6 Å². The number of alkyl halides is 3. The topological polar surface area (TPSA) is 74.8 Å². The van der Waals surface area contributed by atoms with Gasteiger partial charge in [0.05, 0.1) is 0 Å². The minimum absolute atomic E-state index is 0.0205. The summed E-state index contributed by atoms with van der Waals surface area (Å²) in [5.41, 5.74) is 1.02. The highest BCUT2D eigenvalue weighted by molar-refractivity contribution is 9.10. The van der Waals surface area contributed by atoms with E-state index in [4.69, 9.17) is 0 Å². The van der Waals surface area contributed by atoms with E-state index in [-0.39, 0.29) is 12.6 Å². The molecule has 0 heterocycles. The van der Waals surface area contributed by atoms with Crippen LogP contribution in [0, 0.1) is 0 Å². The number of benzene rings is 1. The minimum atomic E-state index is -4.51. The SMILES string of the molecule is CC[C@@H]([NH2+]CC(=O)NC(=O)NCC(F)(F)F)c1ccc(Br)cc1. The van der Waals surface area contributed by atoms with Crippen LogP contribution in [-0.2, 0) is 4.79 Å². The highest BCUT2D eigenvalue weighted by atomic mass is 79.9. The summed E-state index contributed by atoms with van der Waals surface area (Å²) < 4.78 is 36.7. The molecule has 0 radical (unpaired) electrons. The molecule has 1 aromatic carbocycles. The van der Waals surface area contributed by atoms with Crippen LogP contribution in [0.1, 0.15) is 24.9 Å². The standard InChI is InChI=1S/C14H17BrF3N3O2/c1-2-11(9-3-5-10(15)6-4-9)19-7-12(22)21-13(23)20-8-14(16,17)18/h3-6,11,19H,2,7-8H2,1H3,(H2,20,21,22,23)/p+1/t11-/m1/s1. The first-order valence-corrected chi connectivity index (χ1v) is 7.73. The van der Waals surface area contributed by atoms with Gasteiger partial charge >= 0.3 is 12.2 Å². The van der Waals surface area contributed by atoms with E-state index in [0.29, 0.717) is 0 Å². The van der Waals surface area contributed by atoms with E-state index < -0.39 is 24.7 Å². The summed E-state index contributed by atoms with van der Waals surface area (Å²) in [6.07, 6.45) is -3.75. The Balaban J connectivity index is 2.41. The number of hydrogen-bond donors (Lipinski definition) is 3. The van der Waals surface area contributed by atoms with Gasteiger partial charge in [0.15, 0.2) is 6.54 Å². The molecule has 4 N–H and O–H groups in total. The fourth-order valence-electron chi connectivity index (χ4n) is 1.90. The largest absolute Gasteiger partial charge is 0.405 e. The van der Waals surface area contributed by atoms with Gasteiger partial charge < -0.3 is 10.6 Å². The third-order valence-electron chi connectivity index (χ3n) is 3.03. The average molecular weight is 397 g/mol. The molecule has 0 aromatic heterocycles. The van der Waals surface area contributed by atoms with Crippen molar-refractivity contribution in [3.05, 3.63) is 34.3 Å². The predicted octanol–water partition coefficient (Wildman–Crippen LogP) is 1.85. The van der Waals surface area contributed by atoms with E-state index in [1.165, 1.54) is 0 Å². The summed E-state index contributed by atoms with van der Waals surface area (Å²) in [7, 11) is 0. The molecule has 1 rings (SSSR count). The normalized spacial score (nSPS) is 12.6. The molecule has 5 nitrogen and oxygen atoms in total. The van der Waals surface area contributed by atoms with Crippen LogP contribution in [0.15, 0.2) is 28.7 Å². The molecule has 0 aliphatic heterocycles. The van der Waals surface area contributed by atoms with Gasteiger partial charge in [0, 0.05) is 16.5 Å². The van der Waals surface area contributed by atoms with Crippen molar-refractivity contribution in [2.75, 3.05) is 13.1 Å². The third-order valence-corrected chi connectivity index (χ3v) is 3.56. The van der Waals surface area contributed by atoms with E-state index in [9.17, 15) is 22.8 Å². The zero-order valence-corrected chi connectivity index (χ0v) is 14.0. The third kappa shape index (κ3) is 7.98. The molecule has 0 aliphatic rings. The molecule has 0 aliphatic carbocycles. The fraction of sp³-hybridized carbons (Fsp3) is 0.429. The van der Waals surface area contributed by atoms with Gasteiger partial charge in [0.2, 0.25) is 0 Å². The Morgan fingerprint density at radius 3 is 2.39 bits per heavy atom. The molecule has 23 heavy (non-hydrogen) atoms. The van der Waals surface area contributed by atoms with Crippen LogP contribution in [0.2, 0.25) is 0 Å². The van der Waals surface area contributed by atoms with Crippen molar-refractivity contribution in [3.8, 4) is 0 Å². The Kier molecular flexibility index (Phi) is 7.50. The lowest BCUT2D eigenvalue weighted by atomic mass is 10.0. The first-order valence-electron chi connectivity index (χ1n) is 6.94. The number of carbonyl (C=O) groups is 2. The maximum atomic E-state index is 11.9. The second kappa shape index (κ2) is 8.88. The van der Waals surface area contributed by atoms with Gasteiger partial charge in [0.25, 0.3) is 5.91 Å². The second-order valence-electron chi connectivity index (χ2n) is 4.85. The summed E-state index contributed by atoms with van der Waals surface area (Å²) in [5.74, 6) is -0.653. The van der Waals surface area contributed by atoms with Crippen molar-refractivity contribution in [1.82, 2.24) is 10.6 Å². The number of imide groups is 1. The quantitative estimate of drug-likeness (QED) is 0.686. The lowest BCUT2D eigenvalue weighted by Gasteiger charge is -2.14. The van der Waals surface area contributed by atoms with Crippen molar-refractivity contribution in [1.29, 1.82) is 0 Å². The first kappa shape index (κ1) is 19.4. The molecule has 9 heteroatoms. The van der Waals surface area contributed by atoms with Gasteiger partial charge in [-0.05, 0) is 12.1 Å². The van der Waals surface area contributed by atoms with E-state index in [0.717, 1.165) is 16.5 Å². The van der Waals surface area contributed by atoms with Crippen molar-refractivity contribution in [3.63, 3.8) is 0 Å². The van der Waals surface area contributed by atoms with E-state index in [1.54, 1.807) is 10.6 Å². The molecule has 3 amide bonds. The van der Waals surface area contributed by atoms with Crippen LogP contribution in [0.4, 0.5) is 18.0 Å². The van der Waals surface area contributed by atoms with Crippen LogP contribution >= 0.6 is 15.9 Å². The molecular formula is C14H18BrF3N3O2+. The van der Waals surface area contributed by atoms with Gasteiger partial charge in [-0.3, -0.25) is 10.1 Å². The van der Waals surface area contributed by atoms with Crippen LogP contribution in [-0.4, -0.2) is 31.2 Å². The van der Waals surface area contributed by atoms with Crippen LogP contribution < -0.4 is 16.0 Å². The van der Waals surface area contributed by atoms with E-state index in [2.05, 4.69) is 15.9 Å². The number of nitrogens with one attached hydrogen (secondary N) is 2. The zero-order valence-electron chi connectivity index (χ0n) is 12.4. The number of quaternary nitrogens is 1. The lowest BCUT2D eigenvalue weighted by molar-refractivity contribution is -0.686. The summed E-state index contributed by atoms with van der Waals surface area (Å²) in [5, 5.41) is 5.17. The Hall–Kier alpha value is -1.61. The number of urea groups is 1. The molecule has 0 spiro atoms. The van der Waals surface area contributed by atoms with Crippen LogP contribution in [0.25, 0.3) is 0 Å². The van der Waals surface area contributed by atoms with E-state index in [1.807, 2.05) is 36.5 Å². The minimum Gasteiger partial charge on any atom is -0.332 e. The molecule has 0 fully saturated rings. The number of nitrogens with two attached hydrogens (primary N) is 1. The molecule has 0 unspecified atom stereocenters. The smallest absolute Gasteiger partial charge is 0.332 e. The molecule has 0 saturated heterocycles. The van der Waals surface area contributed by atoms with Crippen LogP contribution in [0.3, 0.4) is 0 Å².